The average Bonchev–Trinajstić information content (AvgIpc) is 2.27. The van der Waals surface area contributed by atoms with Gasteiger partial charge in [0.15, 0.2) is 0 Å². The highest BCUT2D eigenvalue weighted by Crippen LogP contribution is 2.21. The molecule has 18 heavy (non-hydrogen) atoms. The average molecular weight is 327 g/mol. The van der Waals surface area contributed by atoms with Crippen molar-refractivity contribution >= 4 is 39.1 Å². The van der Waals surface area contributed by atoms with Crippen LogP contribution in [0, 0.1) is 0 Å². The fourth-order valence-electron chi connectivity index (χ4n) is 1.47. The highest BCUT2D eigenvalue weighted by atomic mass is 79.9. The van der Waals surface area contributed by atoms with E-state index < -0.39 is 0 Å². The summed E-state index contributed by atoms with van der Waals surface area (Å²) in [7, 11) is 0. The number of aromatic hydroxyl groups is 1. The van der Waals surface area contributed by atoms with Crippen LogP contribution in [-0.4, -0.2) is 11.0 Å². The minimum atomic E-state index is -0.288. The third-order valence-corrected chi connectivity index (χ3v) is 2.90. The highest BCUT2D eigenvalue weighted by Gasteiger charge is 2.08. The predicted molar refractivity (Wildman–Crippen MR) is 75.2 cm³/mol. The van der Waals surface area contributed by atoms with Crippen LogP contribution in [-0.2, 0) is 0 Å². The molecule has 0 radical (unpaired) electrons. The van der Waals surface area contributed by atoms with Crippen LogP contribution in [0.1, 0.15) is 10.4 Å². The Bertz CT molecular complexity index is 581. The second-order valence-electron chi connectivity index (χ2n) is 3.66. The second kappa shape index (κ2) is 5.42. The molecular weight excluding hydrogens is 318 g/mol. The Hall–Kier alpha value is -1.52. The molecule has 0 saturated heterocycles. The highest BCUT2D eigenvalue weighted by molar-refractivity contribution is 9.10. The summed E-state index contributed by atoms with van der Waals surface area (Å²) in [6.07, 6.45) is 0. The molecule has 2 aromatic rings. The van der Waals surface area contributed by atoms with E-state index in [9.17, 15) is 9.90 Å². The summed E-state index contributed by atoms with van der Waals surface area (Å²) >= 11 is 9.15. The van der Waals surface area contributed by atoms with E-state index in [2.05, 4.69) is 21.2 Å². The third-order valence-electron chi connectivity index (χ3n) is 2.23. The van der Waals surface area contributed by atoms with Crippen molar-refractivity contribution in [2.24, 2.45) is 0 Å². The van der Waals surface area contributed by atoms with Crippen molar-refractivity contribution in [3.05, 3.63) is 57.5 Å². The largest absolute Gasteiger partial charge is 0.508 e. The molecule has 0 spiro atoms. The summed E-state index contributed by atoms with van der Waals surface area (Å²) in [6.45, 7) is 0. The minimum absolute atomic E-state index is 0.0973. The molecule has 0 aliphatic heterocycles. The molecule has 0 unspecified atom stereocenters. The molecule has 0 aromatic heterocycles. The van der Waals surface area contributed by atoms with Gasteiger partial charge in [0.1, 0.15) is 5.75 Å². The summed E-state index contributed by atoms with van der Waals surface area (Å²) in [6, 6.07) is 11.3. The SMILES string of the molecule is O=C(Nc1cccc(O)c1)c1cc(Cl)cc(Br)c1. The standard InChI is InChI=1S/C13H9BrClNO2/c14-9-4-8(5-10(15)6-9)13(18)16-11-2-1-3-12(17)7-11/h1-7,17H,(H,16,18). The summed E-state index contributed by atoms with van der Waals surface area (Å²) in [5.41, 5.74) is 0.966. The lowest BCUT2D eigenvalue weighted by atomic mass is 10.2. The molecule has 0 bridgehead atoms. The maximum Gasteiger partial charge on any atom is 0.255 e. The Morgan fingerprint density at radius 1 is 1.22 bits per heavy atom. The summed E-state index contributed by atoms with van der Waals surface area (Å²) in [5.74, 6) is -0.191. The van der Waals surface area contributed by atoms with Crippen LogP contribution in [0.5, 0.6) is 5.75 Å². The van der Waals surface area contributed by atoms with Crippen LogP contribution in [0.2, 0.25) is 5.02 Å². The van der Waals surface area contributed by atoms with Gasteiger partial charge in [-0.2, -0.15) is 0 Å². The Morgan fingerprint density at radius 3 is 2.67 bits per heavy atom. The molecule has 92 valence electrons. The number of phenolic OH excluding ortho intramolecular Hbond substituents is 1. The molecule has 3 nitrogen and oxygen atoms in total. The number of anilines is 1. The number of benzene rings is 2. The van der Waals surface area contributed by atoms with Crippen molar-refractivity contribution in [2.45, 2.75) is 0 Å². The molecular formula is C13H9BrClNO2. The normalized spacial score (nSPS) is 10.1. The van der Waals surface area contributed by atoms with Crippen molar-refractivity contribution in [3.8, 4) is 5.75 Å². The fourth-order valence-corrected chi connectivity index (χ4v) is 2.33. The van der Waals surface area contributed by atoms with E-state index in [1.165, 1.54) is 12.1 Å². The topological polar surface area (TPSA) is 49.3 Å². The molecule has 2 aromatic carbocycles. The molecule has 2 rings (SSSR count). The number of hydrogen-bond donors (Lipinski definition) is 2. The number of rotatable bonds is 2. The zero-order valence-corrected chi connectivity index (χ0v) is 11.5. The molecule has 0 aliphatic rings. The minimum Gasteiger partial charge on any atom is -0.508 e. The molecule has 2 N–H and O–H groups in total. The van der Waals surface area contributed by atoms with Crippen molar-refractivity contribution in [3.63, 3.8) is 0 Å². The first kappa shape index (κ1) is 12.9. The monoisotopic (exact) mass is 325 g/mol. The van der Waals surface area contributed by atoms with Gasteiger partial charge < -0.3 is 10.4 Å². The lowest BCUT2D eigenvalue weighted by molar-refractivity contribution is 0.102. The van der Waals surface area contributed by atoms with Crippen molar-refractivity contribution in [2.75, 3.05) is 5.32 Å². The molecule has 0 aliphatic carbocycles. The number of amides is 1. The van der Waals surface area contributed by atoms with Crippen molar-refractivity contribution in [1.82, 2.24) is 0 Å². The van der Waals surface area contributed by atoms with Crippen LogP contribution < -0.4 is 5.32 Å². The molecule has 0 heterocycles. The number of nitrogens with one attached hydrogen (secondary N) is 1. The van der Waals surface area contributed by atoms with Gasteiger partial charge in [0, 0.05) is 26.8 Å². The first-order valence-electron chi connectivity index (χ1n) is 5.11. The molecule has 0 saturated carbocycles. The molecule has 1 amide bonds. The third kappa shape index (κ3) is 3.24. The maximum absolute atomic E-state index is 12.0. The van der Waals surface area contributed by atoms with Gasteiger partial charge in [-0.3, -0.25) is 4.79 Å². The van der Waals surface area contributed by atoms with Gasteiger partial charge in [-0.15, -0.1) is 0 Å². The van der Waals surface area contributed by atoms with Gasteiger partial charge >= 0.3 is 0 Å². The van der Waals surface area contributed by atoms with E-state index in [1.54, 1.807) is 30.3 Å². The van der Waals surface area contributed by atoms with Gasteiger partial charge in [-0.25, -0.2) is 0 Å². The predicted octanol–water partition coefficient (Wildman–Crippen LogP) is 4.06. The number of halogens is 2. The molecule has 0 atom stereocenters. The molecule has 0 fully saturated rings. The molecule has 5 heteroatoms. The Kier molecular flexibility index (Phi) is 3.89. The van der Waals surface area contributed by atoms with Crippen molar-refractivity contribution in [1.29, 1.82) is 0 Å². The summed E-state index contributed by atoms with van der Waals surface area (Å²) in [4.78, 5) is 12.0. The quantitative estimate of drug-likeness (QED) is 0.874. The van der Waals surface area contributed by atoms with E-state index in [0.29, 0.717) is 16.3 Å². The Morgan fingerprint density at radius 2 is 2.00 bits per heavy atom. The van der Waals surface area contributed by atoms with Gasteiger partial charge in [0.2, 0.25) is 0 Å². The Labute approximate surface area is 118 Å². The Balaban J connectivity index is 2.22. The lowest BCUT2D eigenvalue weighted by Gasteiger charge is -2.06. The van der Waals surface area contributed by atoms with Gasteiger partial charge in [-0.1, -0.05) is 33.6 Å². The first-order chi connectivity index (χ1) is 8.54. The number of carbonyl (C=O) groups excluding carboxylic acids is 1. The smallest absolute Gasteiger partial charge is 0.255 e. The van der Waals surface area contributed by atoms with Gasteiger partial charge in [0.25, 0.3) is 5.91 Å². The van der Waals surface area contributed by atoms with E-state index in [0.717, 1.165) is 4.47 Å². The zero-order chi connectivity index (χ0) is 13.1. The van der Waals surface area contributed by atoms with E-state index in [-0.39, 0.29) is 11.7 Å². The summed E-state index contributed by atoms with van der Waals surface area (Å²) < 4.78 is 0.732. The van der Waals surface area contributed by atoms with Crippen LogP contribution >= 0.6 is 27.5 Å². The number of hydrogen-bond acceptors (Lipinski definition) is 2. The van der Waals surface area contributed by atoms with Crippen molar-refractivity contribution < 1.29 is 9.90 Å². The van der Waals surface area contributed by atoms with E-state index in [1.807, 2.05) is 0 Å². The second-order valence-corrected chi connectivity index (χ2v) is 5.01. The maximum atomic E-state index is 12.0. The lowest BCUT2D eigenvalue weighted by Crippen LogP contribution is -2.11. The summed E-state index contributed by atoms with van der Waals surface area (Å²) in [5, 5.41) is 12.5. The van der Waals surface area contributed by atoms with Gasteiger partial charge in [0.05, 0.1) is 0 Å². The van der Waals surface area contributed by atoms with E-state index in [4.69, 9.17) is 11.6 Å². The zero-order valence-electron chi connectivity index (χ0n) is 9.15. The van der Waals surface area contributed by atoms with Crippen LogP contribution in [0.3, 0.4) is 0 Å². The van der Waals surface area contributed by atoms with E-state index >= 15 is 0 Å². The van der Waals surface area contributed by atoms with Crippen LogP contribution in [0.15, 0.2) is 46.9 Å². The number of carbonyl (C=O) groups is 1. The van der Waals surface area contributed by atoms with Crippen LogP contribution in [0.25, 0.3) is 0 Å². The van der Waals surface area contributed by atoms with Crippen LogP contribution in [0.4, 0.5) is 5.69 Å². The van der Waals surface area contributed by atoms with Gasteiger partial charge in [-0.05, 0) is 30.3 Å². The fraction of sp³-hybridized carbons (Fsp3) is 0. The number of phenols is 1. The first-order valence-corrected chi connectivity index (χ1v) is 6.28.